The molecule has 0 saturated heterocycles. The fourth-order valence-corrected chi connectivity index (χ4v) is 2.65. The van der Waals surface area contributed by atoms with Crippen LogP contribution in [0.15, 0.2) is 48.5 Å². The number of para-hydroxylation sites is 1. The summed E-state index contributed by atoms with van der Waals surface area (Å²) in [6.45, 7) is 0.633. The molecule has 3 nitrogen and oxygen atoms in total. The summed E-state index contributed by atoms with van der Waals surface area (Å²) in [5, 5.41) is 0. The molecule has 2 unspecified atom stereocenters. The Hall–Kier alpha value is -1.84. The number of hydrogen-bond donors (Lipinski definition) is 1. The number of fused-ring (bicyclic) bond motifs is 1. The van der Waals surface area contributed by atoms with Crippen LogP contribution in [-0.4, -0.2) is 7.11 Å². The molecule has 1 heterocycles. The third-order valence-electron chi connectivity index (χ3n) is 3.72. The molecule has 0 bridgehead atoms. The zero-order chi connectivity index (χ0) is 13.9. The summed E-state index contributed by atoms with van der Waals surface area (Å²) in [4.78, 5) is 0. The van der Waals surface area contributed by atoms with Crippen molar-refractivity contribution in [1.29, 1.82) is 0 Å². The molecule has 0 aromatic heterocycles. The lowest BCUT2D eigenvalue weighted by Crippen LogP contribution is -2.24. The minimum atomic E-state index is 0.0245. The molecule has 0 amide bonds. The average Bonchev–Trinajstić information content (AvgIpc) is 2.48. The molecule has 3 heteroatoms. The Balaban J connectivity index is 1.82. The van der Waals surface area contributed by atoms with E-state index in [1.54, 1.807) is 7.11 Å². The van der Waals surface area contributed by atoms with Crippen LogP contribution in [0.5, 0.6) is 5.75 Å². The van der Waals surface area contributed by atoms with Crippen LogP contribution in [0.1, 0.15) is 35.3 Å². The Morgan fingerprint density at radius 3 is 2.65 bits per heavy atom. The molecule has 0 radical (unpaired) electrons. The number of methoxy groups -OCH3 is 1. The largest absolute Gasteiger partial charge is 0.485 e. The van der Waals surface area contributed by atoms with Gasteiger partial charge >= 0.3 is 0 Å². The first-order chi connectivity index (χ1) is 9.78. The van der Waals surface area contributed by atoms with Crippen molar-refractivity contribution in [2.24, 2.45) is 5.73 Å². The predicted octanol–water partition coefficient (Wildman–Crippen LogP) is 3.36. The minimum Gasteiger partial charge on any atom is -0.485 e. The topological polar surface area (TPSA) is 44.5 Å². The first kappa shape index (κ1) is 13.2. The Morgan fingerprint density at radius 1 is 1.15 bits per heavy atom. The maximum Gasteiger partial charge on any atom is 0.126 e. The first-order valence-electron chi connectivity index (χ1n) is 6.87. The van der Waals surface area contributed by atoms with Crippen LogP contribution in [0, 0.1) is 0 Å². The van der Waals surface area contributed by atoms with E-state index in [0.29, 0.717) is 6.61 Å². The molecule has 1 aliphatic rings. The lowest BCUT2D eigenvalue weighted by atomic mass is 9.93. The standard InChI is InChI=1S/C17H19NO2/c1-19-11-12-6-8-13(9-7-12)17-10-15(18)14-4-2-3-5-16(14)20-17/h2-9,15,17H,10-11,18H2,1H3. The van der Waals surface area contributed by atoms with Crippen LogP contribution in [0.25, 0.3) is 0 Å². The zero-order valence-electron chi connectivity index (χ0n) is 11.6. The summed E-state index contributed by atoms with van der Waals surface area (Å²) in [6.07, 6.45) is 0.831. The summed E-state index contributed by atoms with van der Waals surface area (Å²) >= 11 is 0. The van der Waals surface area contributed by atoms with E-state index in [1.165, 1.54) is 0 Å². The van der Waals surface area contributed by atoms with Gasteiger partial charge in [0, 0.05) is 25.1 Å². The van der Waals surface area contributed by atoms with Crippen molar-refractivity contribution in [3.8, 4) is 5.75 Å². The fraction of sp³-hybridized carbons (Fsp3) is 0.294. The highest BCUT2D eigenvalue weighted by molar-refractivity contribution is 5.39. The highest BCUT2D eigenvalue weighted by Crippen LogP contribution is 2.39. The quantitative estimate of drug-likeness (QED) is 0.929. The molecule has 104 valence electrons. The summed E-state index contributed by atoms with van der Waals surface area (Å²) in [7, 11) is 1.70. The van der Waals surface area contributed by atoms with Gasteiger partial charge < -0.3 is 15.2 Å². The Bertz CT molecular complexity index is 580. The van der Waals surface area contributed by atoms with Gasteiger partial charge in [-0.05, 0) is 17.2 Å². The van der Waals surface area contributed by atoms with Gasteiger partial charge in [-0.15, -0.1) is 0 Å². The van der Waals surface area contributed by atoms with Gasteiger partial charge in [0.15, 0.2) is 0 Å². The van der Waals surface area contributed by atoms with Gasteiger partial charge in [0.05, 0.1) is 6.61 Å². The van der Waals surface area contributed by atoms with Gasteiger partial charge in [0.2, 0.25) is 0 Å². The van der Waals surface area contributed by atoms with Crippen LogP contribution < -0.4 is 10.5 Å². The Morgan fingerprint density at radius 2 is 1.90 bits per heavy atom. The van der Waals surface area contributed by atoms with E-state index in [2.05, 4.69) is 24.3 Å². The van der Waals surface area contributed by atoms with Crippen LogP contribution in [-0.2, 0) is 11.3 Å². The molecule has 2 atom stereocenters. The molecular formula is C17H19NO2. The second-order valence-electron chi connectivity index (χ2n) is 5.16. The molecule has 0 spiro atoms. The first-order valence-corrected chi connectivity index (χ1v) is 6.87. The maximum absolute atomic E-state index is 6.25. The third kappa shape index (κ3) is 2.55. The fourth-order valence-electron chi connectivity index (χ4n) is 2.65. The summed E-state index contributed by atoms with van der Waals surface area (Å²) in [6, 6.07) is 16.4. The molecule has 0 aliphatic carbocycles. The summed E-state index contributed by atoms with van der Waals surface area (Å²) < 4.78 is 11.2. The molecule has 1 aliphatic heterocycles. The molecule has 2 N–H and O–H groups in total. The minimum absolute atomic E-state index is 0.0245. The molecular weight excluding hydrogens is 250 g/mol. The van der Waals surface area contributed by atoms with Crippen molar-refractivity contribution in [3.05, 3.63) is 65.2 Å². The second-order valence-corrected chi connectivity index (χ2v) is 5.16. The highest BCUT2D eigenvalue weighted by atomic mass is 16.5. The molecule has 2 aromatic rings. The summed E-state index contributed by atoms with van der Waals surface area (Å²) in [5.74, 6) is 0.900. The number of rotatable bonds is 3. The van der Waals surface area contributed by atoms with E-state index < -0.39 is 0 Å². The van der Waals surface area contributed by atoms with Crippen molar-refractivity contribution < 1.29 is 9.47 Å². The Kier molecular flexibility index (Phi) is 3.72. The normalized spacial score (nSPS) is 21.1. The van der Waals surface area contributed by atoms with Crippen LogP contribution in [0.3, 0.4) is 0 Å². The van der Waals surface area contributed by atoms with Crippen molar-refractivity contribution in [1.82, 2.24) is 0 Å². The van der Waals surface area contributed by atoms with Gasteiger partial charge in [-0.25, -0.2) is 0 Å². The SMILES string of the molecule is COCc1ccc(C2CC(N)c3ccccc3O2)cc1. The molecule has 0 saturated carbocycles. The molecule has 0 fully saturated rings. The lowest BCUT2D eigenvalue weighted by molar-refractivity contribution is 0.161. The average molecular weight is 269 g/mol. The molecule has 2 aromatic carbocycles. The predicted molar refractivity (Wildman–Crippen MR) is 78.5 cm³/mol. The van der Waals surface area contributed by atoms with E-state index in [4.69, 9.17) is 15.2 Å². The van der Waals surface area contributed by atoms with Gasteiger partial charge in [-0.3, -0.25) is 0 Å². The third-order valence-corrected chi connectivity index (χ3v) is 3.72. The number of hydrogen-bond acceptors (Lipinski definition) is 3. The van der Waals surface area contributed by atoms with E-state index in [1.807, 2.05) is 24.3 Å². The number of benzene rings is 2. The summed E-state index contributed by atoms with van der Waals surface area (Å²) in [5.41, 5.74) is 9.67. The van der Waals surface area contributed by atoms with Crippen molar-refractivity contribution >= 4 is 0 Å². The van der Waals surface area contributed by atoms with Crippen LogP contribution in [0.4, 0.5) is 0 Å². The van der Waals surface area contributed by atoms with Gasteiger partial charge in [-0.1, -0.05) is 42.5 Å². The van der Waals surface area contributed by atoms with E-state index >= 15 is 0 Å². The number of nitrogens with two attached hydrogens (primary N) is 1. The van der Waals surface area contributed by atoms with E-state index in [9.17, 15) is 0 Å². The second kappa shape index (κ2) is 5.65. The van der Waals surface area contributed by atoms with Gasteiger partial charge in [-0.2, -0.15) is 0 Å². The smallest absolute Gasteiger partial charge is 0.126 e. The number of ether oxygens (including phenoxy) is 2. The molecule has 20 heavy (non-hydrogen) atoms. The van der Waals surface area contributed by atoms with E-state index in [-0.39, 0.29) is 12.1 Å². The van der Waals surface area contributed by atoms with Gasteiger partial charge in [0.1, 0.15) is 11.9 Å². The van der Waals surface area contributed by atoms with Crippen molar-refractivity contribution in [2.45, 2.75) is 25.2 Å². The van der Waals surface area contributed by atoms with Gasteiger partial charge in [0.25, 0.3) is 0 Å². The molecule has 3 rings (SSSR count). The van der Waals surface area contributed by atoms with Crippen molar-refractivity contribution in [2.75, 3.05) is 7.11 Å². The highest BCUT2D eigenvalue weighted by Gasteiger charge is 2.26. The van der Waals surface area contributed by atoms with Crippen molar-refractivity contribution in [3.63, 3.8) is 0 Å². The van der Waals surface area contributed by atoms with E-state index in [0.717, 1.165) is 28.9 Å². The van der Waals surface area contributed by atoms with Crippen LogP contribution in [0.2, 0.25) is 0 Å². The van der Waals surface area contributed by atoms with Crippen LogP contribution >= 0.6 is 0 Å². The Labute approximate surface area is 119 Å². The maximum atomic E-state index is 6.25. The zero-order valence-corrected chi connectivity index (χ0v) is 11.6. The monoisotopic (exact) mass is 269 g/mol. The lowest BCUT2D eigenvalue weighted by Gasteiger charge is -2.30.